The predicted octanol–water partition coefficient (Wildman–Crippen LogP) is 4.61. The second kappa shape index (κ2) is 6.27. The zero-order valence-corrected chi connectivity index (χ0v) is 17.4. The zero-order valence-electron chi connectivity index (χ0n) is 15.8. The van der Waals surface area contributed by atoms with Gasteiger partial charge in [0.05, 0.1) is 22.2 Å². The van der Waals surface area contributed by atoms with Crippen LogP contribution in [-0.4, -0.2) is 32.4 Å². The zero-order chi connectivity index (χ0) is 21.2. The number of hydrogen-bond acceptors (Lipinski definition) is 3. The number of para-hydroxylation sites is 1. The molecule has 2 heterocycles. The fourth-order valence-electron chi connectivity index (χ4n) is 4.29. The van der Waals surface area contributed by atoms with Gasteiger partial charge in [0.15, 0.2) is 0 Å². The number of amides is 2. The summed E-state index contributed by atoms with van der Waals surface area (Å²) in [7, 11) is 0. The SMILES string of the molecule is CC(C(=O)O)(N1C(=O)c2ccccc2C1=O)n1c2ccccc2c2cc(Br)ccc21. The number of hydrogen-bond donors (Lipinski definition) is 1. The lowest BCUT2D eigenvalue weighted by atomic mass is 10.1. The molecule has 1 aliphatic heterocycles. The number of aromatic nitrogens is 1. The lowest BCUT2D eigenvalue weighted by molar-refractivity contribution is -0.152. The molecule has 6 nitrogen and oxygen atoms in total. The Morgan fingerprint density at radius 1 is 0.867 bits per heavy atom. The van der Waals surface area contributed by atoms with Crippen LogP contribution in [0, 0.1) is 0 Å². The average Bonchev–Trinajstić information content (AvgIpc) is 3.20. The van der Waals surface area contributed by atoms with Gasteiger partial charge in [0, 0.05) is 15.2 Å². The second-order valence-corrected chi connectivity index (χ2v) is 8.25. The third-order valence-corrected chi connectivity index (χ3v) is 6.20. The fraction of sp³-hybridized carbons (Fsp3) is 0.0870. The normalized spacial score (nSPS) is 15.6. The number of nitrogens with zero attached hydrogens (tertiary/aromatic N) is 2. The summed E-state index contributed by atoms with van der Waals surface area (Å²) < 4.78 is 2.41. The molecule has 0 saturated carbocycles. The van der Waals surface area contributed by atoms with E-state index in [1.165, 1.54) is 6.92 Å². The van der Waals surface area contributed by atoms with Crippen molar-refractivity contribution in [3.05, 3.63) is 82.3 Å². The van der Waals surface area contributed by atoms with Crippen LogP contribution in [0.4, 0.5) is 0 Å². The van der Waals surface area contributed by atoms with E-state index < -0.39 is 23.4 Å². The van der Waals surface area contributed by atoms with E-state index in [0.29, 0.717) is 11.0 Å². The summed E-state index contributed by atoms with van der Waals surface area (Å²) in [5.74, 6) is -2.55. The highest BCUT2D eigenvalue weighted by Crippen LogP contribution is 2.40. The van der Waals surface area contributed by atoms with Crippen molar-refractivity contribution >= 4 is 55.5 Å². The minimum absolute atomic E-state index is 0.207. The molecule has 0 saturated heterocycles. The molecule has 1 atom stereocenters. The van der Waals surface area contributed by atoms with E-state index in [0.717, 1.165) is 20.1 Å². The summed E-state index contributed by atoms with van der Waals surface area (Å²) >= 11 is 3.47. The van der Waals surface area contributed by atoms with E-state index in [-0.39, 0.29) is 11.1 Å². The molecule has 0 aliphatic carbocycles. The minimum Gasteiger partial charge on any atom is -0.478 e. The molecule has 2 amide bonds. The third-order valence-electron chi connectivity index (χ3n) is 5.70. The number of imide groups is 1. The Hall–Kier alpha value is -3.45. The van der Waals surface area contributed by atoms with Gasteiger partial charge in [-0.15, -0.1) is 0 Å². The maximum Gasteiger partial charge on any atom is 0.351 e. The molecule has 0 spiro atoms. The highest BCUT2D eigenvalue weighted by molar-refractivity contribution is 9.10. The fourth-order valence-corrected chi connectivity index (χ4v) is 4.65. The Labute approximate surface area is 179 Å². The van der Waals surface area contributed by atoms with Crippen molar-refractivity contribution in [2.75, 3.05) is 0 Å². The Balaban J connectivity index is 1.87. The van der Waals surface area contributed by atoms with Gasteiger partial charge in [0.2, 0.25) is 5.66 Å². The molecule has 1 aromatic heterocycles. The van der Waals surface area contributed by atoms with E-state index in [4.69, 9.17) is 0 Å². The van der Waals surface area contributed by atoms with Crippen molar-refractivity contribution in [3.8, 4) is 0 Å². The molecule has 7 heteroatoms. The molecule has 0 fully saturated rings. The second-order valence-electron chi connectivity index (χ2n) is 7.33. The van der Waals surface area contributed by atoms with E-state index in [1.54, 1.807) is 47.0 Å². The van der Waals surface area contributed by atoms with Crippen LogP contribution in [0.25, 0.3) is 21.8 Å². The van der Waals surface area contributed by atoms with Crippen molar-refractivity contribution in [1.82, 2.24) is 9.47 Å². The Kier molecular flexibility index (Phi) is 3.88. The number of carboxylic acid groups (broad SMARTS) is 1. The van der Waals surface area contributed by atoms with Gasteiger partial charge in [-0.1, -0.05) is 46.3 Å². The molecule has 5 rings (SSSR count). The number of carbonyl (C=O) groups is 3. The van der Waals surface area contributed by atoms with Crippen LogP contribution in [-0.2, 0) is 10.5 Å². The molecule has 1 N–H and O–H groups in total. The minimum atomic E-state index is -1.97. The van der Waals surface area contributed by atoms with E-state index >= 15 is 0 Å². The maximum absolute atomic E-state index is 13.2. The van der Waals surface area contributed by atoms with Crippen LogP contribution in [0.3, 0.4) is 0 Å². The number of fused-ring (bicyclic) bond motifs is 4. The van der Waals surface area contributed by atoms with Crippen LogP contribution in [0.5, 0.6) is 0 Å². The first-order valence-corrected chi connectivity index (χ1v) is 10.1. The summed E-state index contributed by atoms with van der Waals surface area (Å²) in [4.78, 5) is 40.0. The van der Waals surface area contributed by atoms with Crippen LogP contribution in [0.15, 0.2) is 71.2 Å². The molecule has 3 aromatic carbocycles. The Bertz CT molecular complexity index is 1370. The summed E-state index contributed by atoms with van der Waals surface area (Å²) in [5, 5.41) is 12.0. The van der Waals surface area contributed by atoms with Gasteiger partial charge in [0.25, 0.3) is 11.8 Å². The molecule has 4 aromatic rings. The maximum atomic E-state index is 13.2. The molecular formula is C23H15BrN2O4. The molecule has 1 aliphatic rings. The van der Waals surface area contributed by atoms with Crippen molar-refractivity contribution in [3.63, 3.8) is 0 Å². The summed E-state index contributed by atoms with van der Waals surface area (Å²) in [6, 6.07) is 19.3. The van der Waals surface area contributed by atoms with Gasteiger partial charge in [-0.2, -0.15) is 0 Å². The van der Waals surface area contributed by atoms with Crippen molar-refractivity contribution in [1.29, 1.82) is 0 Å². The number of carboxylic acids is 1. The van der Waals surface area contributed by atoms with Gasteiger partial charge in [-0.25, -0.2) is 9.69 Å². The van der Waals surface area contributed by atoms with E-state index in [9.17, 15) is 19.5 Å². The Morgan fingerprint density at radius 2 is 1.43 bits per heavy atom. The van der Waals surface area contributed by atoms with Gasteiger partial charge in [0.1, 0.15) is 0 Å². The highest BCUT2D eigenvalue weighted by Gasteiger charge is 2.53. The topological polar surface area (TPSA) is 79.6 Å². The van der Waals surface area contributed by atoms with Gasteiger partial charge < -0.3 is 9.67 Å². The van der Waals surface area contributed by atoms with Crippen LogP contribution in [0.1, 0.15) is 27.6 Å². The van der Waals surface area contributed by atoms with Crippen molar-refractivity contribution in [2.24, 2.45) is 0 Å². The van der Waals surface area contributed by atoms with Gasteiger partial charge >= 0.3 is 5.97 Å². The first-order valence-electron chi connectivity index (χ1n) is 9.26. The quantitative estimate of drug-likeness (QED) is 0.450. The van der Waals surface area contributed by atoms with Crippen molar-refractivity contribution in [2.45, 2.75) is 12.6 Å². The lowest BCUT2D eigenvalue weighted by Gasteiger charge is -2.36. The predicted molar refractivity (Wildman–Crippen MR) is 115 cm³/mol. The van der Waals surface area contributed by atoms with Crippen LogP contribution in [0.2, 0.25) is 0 Å². The van der Waals surface area contributed by atoms with Crippen molar-refractivity contribution < 1.29 is 19.5 Å². The Morgan fingerprint density at radius 3 is 2.07 bits per heavy atom. The average molecular weight is 463 g/mol. The number of halogens is 1. The monoisotopic (exact) mass is 462 g/mol. The summed E-state index contributed by atoms with van der Waals surface area (Å²) in [6.45, 7) is 1.39. The van der Waals surface area contributed by atoms with Gasteiger partial charge in [-0.3, -0.25) is 9.59 Å². The van der Waals surface area contributed by atoms with E-state index in [2.05, 4.69) is 15.9 Å². The molecular weight excluding hydrogens is 448 g/mol. The highest BCUT2D eigenvalue weighted by atomic mass is 79.9. The number of benzene rings is 3. The third kappa shape index (κ3) is 2.26. The largest absolute Gasteiger partial charge is 0.478 e. The lowest BCUT2D eigenvalue weighted by Crippen LogP contribution is -2.56. The molecule has 0 bridgehead atoms. The number of carbonyl (C=O) groups excluding carboxylic acids is 2. The first-order chi connectivity index (χ1) is 14.4. The smallest absolute Gasteiger partial charge is 0.351 e. The van der Waals surface area contributed by atoms with Crippen LogP contribution >= 0.6 is 15.9 Å². The first kappa shape index (κ1) is 18.6. The van der Waals surface area contributed by atoms with E-state index in [1.807, 2.05) is 24.3 Å². The number of rotatable bonds is 3. The van der Waals surface area contributed by atoms with Gasteiger partial charge in [-0.05, 0) is 43.3 Å². The van der Waals surface area contributed by atoms with Crippen LogP contribution < -0.4 is 0 Å². The summed E-state index contributed by atoms with van der Waals surface area (Å²) in [5.41, 5.74) is -0.326. The molecule has 30 heavy (non-hydrogen) atoms. The number of aliphatic carboxylic acids is 1. The molecule has 1 unspecified atom stereocenters. The summed E-state index contributed by atoms with van der Waals surface area (Å²) in [6.07, 6.45) is 0. The molecule has 148 valence electrons. The standard InChI is InChI=1S/C23H15BrN2O4/c1-23(22(29)30,26-20(27)15-7-2-3-8-16(15)21(26)28)25-18-9-5-4-6-14(18)17-12-13(24)10-11-19(17)25/h2-12H,1H3,(H,29,30). The molecule has 0 radical (unpaired) electrons.